The Balaban J connectivity index is 1.86. The van der Waals surface area contributed by atoms with Crippen LogP contribution in [0.1, 0.15) is 16.6 Å². The van der Waals surface area contributed by atoms with E-state index < -0.39 is 10.0 Å². The fraction of sp³-hybridized carbons (Fsp3) is 0.200. The molecule has 1 aliphatic rings. The number of fused-ring (bicyclic) bond motifs is 1. The van der Waals surface area contributed by atoms with Crippen molar-refractivity contribution < 1.29 is 8.42 Å². The SMILES string of the molecule is O=S(=O)(c1cccs1)N1CCn2cccc2C1c1cccs1. The van der Waals surface area contributed by atoms with Crippen molar-refractivity contribution in [2.75, 3.05) is 6.54 Å². The first-order valence-electron chi connectivity index (χ1n) is 6.92. The van der Waals surface area contributed by atoms with Crippen LogP contribution in [0.4, 0.5) is 0 Å². The lowest BCUT2D eigenvalue weighted by Gasteiger charge is -2.35. The molecule has 1 unspecified atom stereocenters. The van der Waals surface area contributed by atoms with E-state index >= 15 is 0 Å². The maximum atomic E-state index is 13.0. The number of thiophene rings is 2. The molecule has 0 amide bonds. The van der Waals surface area contributed by atoms with Gasteiger partial charge >= 0.3 is 0 Å². The van der Waals surface area contributed by atoms with Gasteiger partial charge in [0.2, 0.25) is 0 Å². The summed E-state index contributed by atoms with van der Waals surface area (Å²) < 4.78 is 30.2. The predicted octanol–water partition coefficient (Wildman–Crippen LogP) is 3.41. The topological polar surface area (TPSA) is 42.3 Å². The van der Waals surface area contributed by atoms with Gasteiger partial charge < -0.3 is 4.57 Å². The minimum absolute atomic E-state index is 0.240. The summed E-state index contributed by atoms with van der Waals surface area (Å²) in [5.41, 5.74) is 1.04. The monoisotopic (exact) mass is 350 g/mol. The number of hydrogen-bond acceptors (Lipinski definition) is 4. The molecule has 4 heterocycles. The van der Waals surface area contributed by atoms with Gasteiger partial charge in [-0.3, -0.25) is 0 Å². The molecule has 3 aromatic heterocycles. The molecule has 22 heavy (non-hydrogen) atoms. The average molecular weight is 350 g/mol. The minimum Gasteiger partial charge on any atom is -0.348 e. The highest BCUT2D eigenvalue weighted by Crippen LogP contribution is 2.38. The zero-order valence-corrected chi connectivity index (χ0v) is 14.1. The molecule has 4 rings (SSSR count). The Hall–Kier alpha value is -1.41. The van der Waals surface area contributed by atoms with Crippen molar-refractivity contribution in [3.05, 3.63) is 63.9 Å². The van der Waals surface area contributed by atoms with Crippen LogP contribution in [0, 0.1) is 0 Å². The second-order valence-electron chi connectivity index (χ2n) is 5.09. The summed E-state index contributed by atoms with van der Waals surface area (Å²) >= 11 is 2.87. The molecule has 0 fully saturated rings. The second kappa shape index (κ2) is 5.34. The standard InChI is InChI=1S/C15H14N2O2S3/c18-22(19,14-6-3-11-21-14)17-9-8-16-7-1-4-12(16)15(17)13-5-2-10-20-13/h1-7,10-11,15H,8-9H2. The van der Waals surface area contributed by atoms with Crippen LogP contribution in [0.15, 0.2) is 57.6 Å². The highest BCUT2D eigenvalue weighted by atomic mass is 32.2. The van der Waals surface area contributed by atoms with Gasteiger partial charge in [-0.2, -0.15) is 4.31 Å². The maximum absolute atomic E-state index is 13.0. The first-order valence-corrected chi connectivity index (χ1v) is 10.1. The molecule has 1 aliphatic heterocycles. The average Bonchev–Trinajstić information content (AvgIpc) is 3.25. The third kappa shape index (κ3) is 2.16. The third-order valence-corrected chi connectivity index (χ3v) is 8.03. The molecule has 114 valence electrons. The lowest BCUT2D eigenvalue weighted by molar-refractivity contribution is 0.302. The van der Waals surface area contributed by atoms with Crippen LogP contribution in [0.5, 0.6) is 0 Å². The largest absolute Gasteiger partial charge is 0.348 e. The molecule has 0 spiro atoms. The Morgan fingerprint density at radius 3 is 2.55 bits per heavy atom. The molecule has 0 aromatic carbocycles. The summed E-state index contributed by atoms with van der Waals surface area (Å²) in [6.45, 7) is 1.18. The minimum atomic E-state index is -3.47. The van der Waals surface area contributed by atoms with E-state index in [1.165, 1.54) is 11.3 Å². The van der Waals surface area contributed by atoms with Gasteiger partial charge in [-0.05, 0) is 35.0 Å². The van der Waals surface area contributed by atoms with E-state index in [9.17, 15) is 8.42 Å². The number of aromatic nitrogens is 1. The van der Waals surface area contributed by atoms with Crippen LogP contribution in [-0.4, -0.2) is 23.8 Å². The van der Waals surface area contributed by atoms with E-state index in [0.717, 1.165) is 10.6 Å². The predicted molar refractivity (Wildman–Crippen MR) is 88.8 cm³/mol. The Bertz CT molecular complexity index is 864. The zero-order chi connectivity index (χ0) is 15.2. The van der Waals surface area contributed by atoms with E-state index in [1.807, 2.05) is 35.8 Å². The fourth-order valence-corrected chi connectivity index (χ4v) is 6.49. The van der Waals surface area contributed by atoms with Crippen molar-refractivity contribution in [3.63, 3.8) is 0 Å². The molecule has 0 N–H and O–H groups in total. The van der Waals surface area contributed by atoms with E-state index in [-0.39, 0.29) is 6.04 Å². The first-order chi connectivity index (χ1) is 10.7. The van der Waals surface area contributed by atoms with E-state index in [0.29, 0.717) is 17.3 Å². The molecule has 0 aliphatic carbocycles. The Labute approximate surface area is 137 Å². The van der Waals surface area contributed by atoms with Crippen LogP contribution in [0.3, 0.4) is 0 Å². The first kappa shape index (κ1) is 14.2. The fourth-order valence-electron chi connectivity index (χ4n) is 2.88. The van der Waals surface area contributed by atoms with Crippen LogP contribution in [-0.2, 0) is 16.6 Å². The molecule has 3 aromatic rings. The van der Waals surface area contributed by atoms with Crippen LogP contribution in [0.2, 0.25) is 0 Å². The number of sulfonamides is 1. The Morgan fingerprint density at radius 2 is 1.82 bits per heavy atom. The van der Waals surface area contributed by atoms with Crippen molar-refractivity contribution in [2.45, 2.75) is 16.8 Å². The smallest absolute Gasteiger partial charge is 0.253 e. The normalized spacial score (nSPS) is 19.2. The molecule has 4 nitrogen and oxygen atoms in total. The zero-order valence-electron chi connectivity index (χ0n) is 11.6. The molecule has 1 atom stereocenters. The van der Waals surface area contributed by atoms with Crippen molar-refractivity contribution in [1.29, 1.82) is 0 Å². The van der Waals surface area contributed by atoms with Gasteiger partial charge in [-0.1, -0.05) is 12.1 Å². The summed E-state index contributed by atoms with van der Waals surface area (Å²) in [4.78, 5) is 1.06. The molecule has 0 saturated carbocycles. The van der Waals surface area contributed by atoms with Gasteiger partial charge in [0, 0.05) is 29.9 Å². The maximum Gasteiger partial charge on any atom is 0.253 e. The molecular formula is C15H14N2O2S3. The van der Waals surface area contributed by atoms with E-state index in [4.69, 9.17) is 0 Å². The van der Waals surface area contributed by atoms with E-state index in [2.05, 4.69) is 4.57 Å². The van der Waals surface area contributed by atoms with Gasteiger partial charge in [0.1, 0.15) is 4.21 Å². The van der Waals surface area contributed by atoms with Crippen LogP contribution in [0.25, 0.3) is 0 Å². The molecule has 0 radical (unpaired) electrons. The molecular weight excluding hydrogens is 336 g/mol. The Kier molecular flexibility index (Phi) is 3.45. The van der Waals surface area contributed by atoms with Crippen molar-refractivity contribution in [3.8, 4) is 0 Å². The van der Waals surface area contributed by atoms with Gasteiger partial charge in [-0.25, -0.2) is 8.42 Å². The highest BCUT2D eigenvalue weighted by Gasteiger charge is 2.38. The van der Waals surface area contributed by atoms with Crippen molar-refractivity contribution in [2.24, 2.45) is 0 Å². The van der Waals surface area contributed by atoms with Crippen LogP contribution < -0.4 is 0 Å². The summed E-state index contributed by atoms with van der Waals surface area (Å²) in [5.74, 6) is 0. The van der Waals surface area contributed by atoms with Crippen molar-refractivity contribution in [1.82, 2.24) is 8.87 Å². The van der Waals surface area contributed by atoms with Gasteiger partial charge in [-0.15, -0.1) is 22.7 Å². The summed E-state index contributed by atoms with van der Waals surface area (Å²) in [5, 5.41) is 3.80. The van der Waals surface area contributed by atoms with Gasteiger partial charge in [0.15, 0.2) is 0 Å². The Morgan fingerprint density at radius 1 is 1.00 bits per heavy atom. The lowest BCUT2D eigenvalue weighted by Crippen LogP contribution is -2.41. The number of nitrogens with zero attached hydrogens (tertiary/aromatic N) is 2. The van der Waals surface area contributed by atoms with Gasteiger partial charge in [0.25, 0.3) is 10.0 Å². The molecule has 7 heteroatoms. The number of rotatable bonds is 3. The summed E-state index contributed by atoms with van der Waals surface area (Å²) in [7, 11) is -3.47. The van der Waals surface area contributed by atoms with E-state index in [1.54, 1.807) is 33.2 Å². The lowest BCUT2D eigenvalue weighted by atomic mass is 10.1. The summed E-state index contributed by atoms with van der Waals surface area (Å²) in [6, 6.07) is 11.2. The summed E-state index contributed by atoms with van der Waals surface area (Å²) in [6.07, 6.45) is 2.02. The molecule has 0 saturated heterocycles. The number of hydrogen-bond donors (Lipinski definition) is 0. The quantitative estimate of drug-likeness (QED) is 0.726. The second-order valence-corrected chi connectivity index (χ2v) is 9.14. The van der Waals surface area contributed by atoms with Gasteiger partial charge in [0.05, 0.1) is 6.04 Å². The van der Waals surface area contributed by atoms with Crippen molar-refractivity contribution >= 4 is 32.7 Å². The highest BCUT2D eigenvalue weighted by molar-refractivity contribution is 7.91. The van der Waals surface area contributed by atoms with Crippen LogP contribution >= 0.6 is 22.7 Å². The third-order valence-electron chi connectivity index (χ3n) is 3.86. The molecule has 0 bridgehead atoms.